The Hall–Kier alpha value is -2.12. The summed E-state index contributed by atoms with van der Waals surface area (Å²) in [6.45, 7) is 2.05. The normalized spacial score (nSPS) is 20.7. The molecule has 1 saturated carbocycles. The van der Waals surface area contributed by atoms with Gasteiger partial charge in [-0.3, -0.25) is 19.2 Å². The molecule has 0 radical (unpaired) electrons. The monoisotopic (exact) mass is 355 g/mol. The van der Waals surface area contributed by atoms with Crippen LogP contribution in [0.4, 0.5) is 0 Å². The van der Waals surface area contributed by atoms with Gasteiger partial charge in [0.25, 0.3) is 0 Å². The van der Waals surface area contributed by atoms with Crippen molar-refractivity contribution in [2.45, 2.75) is 64.3 Å². The van der Waals surface area contributed by atoms with Gasteiger partial charge in [-0.2, -0.15) is 0 Å². The zero-order valence-electron chi connectivity index (χ0n) is 14.8. The maximum absolute atomic E-state index is 12.1. The molecule has 2 atom stereocenters. The molecule has 25 heavy (non-hydrogen) atoms. The van der Waals surface area contributed by atoms with Crippen LogP contribution in [0, 0.1) is 5.92 Å². The van der Waals surface area contributed by atoms with Crippen LogP contribution in [0.1, 0.15) is 58.3 Å². The van der Waals surface area contributed by atoms with Crippen molar-refractivity contribution in [3.05, 3.63) is 0 Å². The third-order valence-corrected chi connectivity index (χ3v) is 4.33. The van der Waals surface area contributed by atoms with E-state index in [1.807, 2.05) is 0 Å². The molecule has 0 heterocycles. The van der Waals surface area contributed by atoms with Gasteiger partial charge in [0.2, 0.25) is 17.7 Å². The average Bonchev–Trinajstić information content (AvgIpc) is 2.51. The van der Waals surface area contributed by atoms with Crippen molar-refractivity contribution in [1.82, 2.24) is 16.0 Å². The van der Waals surface area contributed by atoms with Gasteiger partial charge in [0.05, 0.1) is 5.92 Å². The Morgan fingerprint density at radius 3 is 2.12 bits per heavy atom. The van der Waals surface area contributed by atoms with Gasteiger partial charge in [-0.1, -0.05) is 25.7 Å². The van der Waals surface area contributed by atoms with E-state index in [9.17, 15) is 24.3 Å². The Labute approximate surface area is 148 Å². The molecule has 0 saturated heterocycles. The fourth-order valence-corrected chi connectivity index (χ4v) is 2.99. The van der Waals surface area contributed by atoms with Gasteiger partial charge in [-0.05, 0) is 12.8 Å². The number of amides is 3. The van der Waals surface area contributed by atoms with Crippen molar-refractivity contribution in [2.75, 3.05) is 13.1 Å². The second kappa shape index (κ2) is 11.4. The summed E-state index contributed by atoms with van der Waals surface area (Å²) in [6.07, 6.45) is 5.14. The summed E-state index contributed by atoms with van der Waals surface area (Å²) in [5, 5.41) is 17.3. The first-order chi connectivity index (χ1) is 11.9. The van der Waals surface area contributed by atoms with Crippen molar-refractivity contribution >= 4 is 23.7 Å². The fourth-order valence-electron chi connectivity index (χ4n) is 2.99. The highest BCUT2D eigenvalue weighted by molar-refractivity contribution is 5.84. The zero-order valence-corrected chi connectivity index (χ0v) is 14.8. The number of aliphatic carboxylic acids is 1. The topological polar surface area (TPSA) is 125 Å². The van der Waals surface area contributed by atoms with E-state index in [1.54, 1.807) is 0 Å². The molecule has 0 aromatic rings. The van der Waals surface area contributed by atoms with Crippen LogP contribution in [-0.4, -0.2) is 47.9 Å². The number of carbonyl (C=O) groups excluding carboxylic acids is 3. The minimum atomic E-state index is -0.872. The lowest BCUT2D eigenvalue weighted by molar-refractivity contribution is -0.143. The molecule has 142 valence electrons. The van der Waals surface area contributed by atoms with Crippen LogP contribution in [-0.2, 0) is 19.2 Å². The molecule has 0 spiro atoms. The lowest BCUT2D eigenvalue weighted by Crippen LogP contribution is -2.44. The number of nitrogens with one attached hydrogen (secondary N) is 3. The summed E-state index contributed by atoms with van der Waals surface area (Å²) < 4.78 is 0. The van der Waals surface area contributed by atoms with Gasteiger partial charge in [0.15, 0.2) is 0 Å². The summed E-state index contributed by atoms with van der Waals surface area (Å²) in [4.78, 5) is 45.8. The molecule has 3 amide bonds. The largest absolute Gasteiger partial charge is 0.481 e. The predicted molar refractivity (Wildman–Crippen MR) is 91.7 cm³/mol. The van der Waals surface area contributed by atoms with E-state index in [0.717, 1.165) is 25.7 Å². The first-order valence-electron chi connectivity index (χ1n) is 8.93. The Morgan fingerprint density at radius 1 is 0.880 bits per heavy atom. The highest BCUT2D eigenvalue weighted by Crippen LogP contribution is 2.23. The van der Waals surface area contributed by atoms with Crippen LogP contribution < -0.4 is 16.0 Å². The van der Waals surface area contributed by atoms with Crippen molar-refractivity contribution in [2.24, 2.45) is 5.92 Å². The summed E-state index contributed by atoms with van der Waals surface area (Å²) >= 11 is 0. The number of hydrogen-bond acceptors (Lipinski definition) is 4. The molecule has 8 heteroatoms. The van der Waals surface area contributed by atoms with E-state index in [1.165, 1.54) is 6.92 Å². The Morgan fingerprint density at radius 2 is 1.48 bits per heavy atom. The lowest BCUT2D eigenvalue weighted by Gasteiger charge is -2.27. The quantitative estimate of drug-likeness (QED) is 0.474. The summed E-state index contributed by atoms with van der Waals surface area (Å²) in [5.41, 5.74) is 0. The standard InChI is InChI=1S/C17H29N3O5/c1-12(21)18-10-11-19-15(22)8-9-16(23)20-14-7-5-3-2-4-6-13(14)17(24)25/h13-14H,2-11H2,1H3,(H,18,21)(H,19,22)(H,20,23)(H,24,25). The Balaban J connectivity index is 2.34. The molecule has 8 nitrogen and oxygen atoms in total. The van der Waals surface area contributed by atoms with Crippen LogP contribution in [0.25, 0.3) is 0 Å². The average molecular weight is 355 g/mol. The first kappa shape index (κ1) is 20.9. The second-order valence-corrected chi connectivity index (χ2v) is 6.44. The van der Waals surface area contributed by atoms with Gasteiger partial charge in [-0.25, -0.2) is 0 Å². The third-order valence-electron chi connectivity index (χ3n) is 4.33. The second-order valence-electron chi connectivity index (χ2n) is 6.44. The first-order valence-corrected chi connectivity index (χ1v) is 8.93. The SMILES string of the molecule is CC(=O)NCCNC(=O)CCC(=O)NC1CCCCCCC1C(=O)O. The van der Waals surface area contributed by atoms with Gasteiger partial charge >= 0.3 is 5.97 Å². The minimum absolute atomic E-state index is 0.0226. The maximum Gasteiger partial charge on any atom is 0.308 e. The molecule has 2 unspecified atom stereocenters. The maximum atomic E-state index is 12.1. The highest BCUT2D eigenvalue weighted by atomic mass is 16.4. The van der Waals surface area contributed by atoms with Gasteiger partial charge in [0, 0.05) is 38.9 Å². The molecule has 4 N–H and O–H groups in total. The molecule has 0 bridgehead atoms. The minimum Gasteiger partial charge on any atom is -0.481 e. The molecule has 1 aliphatic carbocycles. The van der Waals surface area contributed by atoms with E-state index < -0.39 is 11.9 Å². The summed E-state index contributed by atoms with van der Waals surface area (Å²) in [5.74, 6) is -2.17. The van der Waals surface area contributed by atoms with Gasteiger partial charge in [-0.15, -0.1) is 0 Å². The zero-order chi connectivity index (χ0) is 18.7. The molecule has 0 aromatic carbocycles. The van der Waals surface area contributed by atoms with Crippen LogP contribution in [0.15, 0.2) is 0 Å². The summed E-state index contributed by atoms with van der Waals surface area (Å²) in [6, 6.07) is -0.367. The summed E-state index contributed by atoms with van der Waals surface area (Å²) in [7, 11) is 0. The van der Waals surface area contributed by atoms with E-state index in [2.05, 4.69) is 16.0 Å². The Kier molecular flexibility index (Phi) is 9.57. The number of carboxylic acids is 1. The molecular weight excluding hydrogens is 326 g/mol. The van der Waals surface area contributed by atoms with E-state index >= 15 is 0 Å². The fraction of sp³-hybridized carbons (Fsp3) is 0.765. The highest BCUT2D eigenvalue weighted by Gasteiger charge is 2.29. The van der Waals surface area contributed by atoms with Crippen molar-refractivity contribution in [3.8, 4) is 0 Å². The van der Waals surface area contributed by atoms with Crippen LogP contribution in [0.3, 0.4) is 0 Å². The molecule has 0 aliphatic heterocycles. The van der Waals surface area contributed by atoms with Crippen molar-refractivity contribution in [3.63, 3.8) is 0 Å². The third kappa shape index (κ3) is 9.07. The molecule has 1 rings (SSSR count). The van der Waals surface area contributed by atoms with Crippen LogP contribution in [0.2, 0.25) is 0 Å². The molecule has 1 aliphatic rings. The molecule has 1 fully saturated rings. The number of rotatable bonds is 8. The Bertz CT molecular complexity index is 481. The lowest BCUT2D eigenvalue weighted by atomic mass is 9.86. The van der Waals surface area contributed by atoms with E-state index in [4.69, 9.17) is 0 Å². The predicted octanol–water partition coefficient (Wildman–Crippen LogP) is 0.559. The van der Waals surface area contributed by atoms with Crippen LogP contribution >= 0.6 is 0 Å². The van der Waals surface area contributed by atoms with E-state index in [-0.39, 0.29) is 36.6 Å². The van der Waals surface area contributed by atoms with Crippen LogP contribution in [0.5, 0.6) is 0 Å². The number of hydrogen-bond donors (Lipinski definition) is 4. The van der Waals surface area contributed by atoms with Crippen molar-refractivity contribution in [1.29, 1.82) is 0 Å². The smallest absolute Gasteiger partial charge is 0.308 e. The van der Waals surface area contributed by atoms with Crippen molar-refractivity contribution < 1.29 is 24.3 Å². The molecule has 0 aromatic heterocycles. The number of carbonyl (C=O) groups is 4. The number of carboxylic acid groups (broad SMARTS) is 1. The van der Waals surface area contributed by atoms with Gasteiger partial charge < -0.3 is 21.1 Å². The molecular formula is C17H29N3O5. The van der Waals surface area contributed by atoms with E-state index in [0.29, 0.717) is 25.9 Å². The van der Waals surface area contributed by atoms with Gasteiger partial charge in [0.1, 0.15) is 0 Å².